The van der Waals surface area contributed by atoms with Crippen molar-refractivity contribution in [2.45, 2.75) is 44.9 Å². The average molecular weight is 386 g/mol. The first-order valence-electron chi connectivity index (χ1n) is 8.53. The molecule has 0 radical (unpaired) electrons. The summed E-state index contributed by atoms with van der Waals surface area (Å²) in [5.74, 6) is -2.62. The lowest BCUT2D eigenvalue weighted by Gasteiger charge is -2.29. The van der Waals surface area contributed by atoms with Crippen LogP contribution in [0.5, 0.6) is 0 Å². The highest BCUT2D eigenvalue weighted by molar-refractivity contribution is 5.98. The van der Waals surface area contributed by atoms with Gasteiger partial charge in [-0.2, -0.15) is 13.2 Å². The van der Waals surface area contributed by atoms with Crippen LogP contribution in [0.3, 0.4) is 0 Å². The molecule has 0 aliphatic carbocycles. The van der Waals surface area contributed by atoms with Crippen molar-refractivity contribution in [3.63, 3.8) is 0 Å². The molecule has 1 saturated heterocycles. The Hall–Kier alpha value is -2.58. The van der Waals surface area contributed by atoms with Gasteiger partial charge in [0.25, 0.3) is 5.91 Å². The summed E-state index contributed by atoms with van der Waals surface area (Å²) in [4.78, 5) is 37.7. The molecule has 1 aliphatic rings. The molecule has 2 rings (SSSR count). The average Bonchev–Trinajstić information content (AvgIpc) is 3.08. The van der Waals surface area contributed by atoms with Crippen LogP contribution in [-0.4, -0.2) is 46.4 Å². The Morgan fingerprint density at radius 1 is 1.19 bits per heavy atom. The minimum absolute atomic E-state index is 0.0161. The third kappa shape index (κ3) is 4.78. The van der Waals surface area contributed by atoms with Crippen LogP contribution >= 0.6 is 0 Å². The van der Waals surface area contributed by atoms with Crippen molar-refractivity contribution in [3.05, 3.63) is 35.4 Å². The number of aliphatic carboxylic acids is 1. The van der Waals surface area contributed by atoms with Gasteiger partial charge in [0.05, 0.1) is 5.56 Å². The monoisotopic (exact) mass is 386 g/mol. The molecule has 0 spiro atoms. The first-order chi connectivity index (χ1) is 12.5. The summed E-state index contributed by atoms with van der Waals surface area (Å²) >= 11 is 0. The van der Waals surface area contributed by atoms with Crippen LogP contribution in [0.2, 0.25) is 0 Å². The second kappa shape index (κ2) is 7.98. The Kier molecular flexibility index (Phi) is 6.12. The number of nitrogens with one attached hydrogen (secondary N) is 1. The normalized spacial score (nSPS) is 18.4. The second-order valence-corrected chi connectivity index (χ2v) is 6.80. The first kappa shape index (κ1) is 20.7. The largest absolute Gasteiger partial charge is 0.480 e. The SMILES string of the molecule is CC(C)[C@H](NC(=O)c1ccc(C(F)(F)F)cc1)C(=O)N1CCC[C@H]1C(=O)O. The Labute approximate surface area is 154 Å². The number of hydrogen-bond donors (Lipinski definition) is 2. The summed E-state index contributed by atoms with van der Waals surface area (Å²) < 4.78 is 37.9. The fraction of sp³-hybridized carbons (Fsp3) is 0.500. The van der Waals surface area contributed by atoms with Crippen molar-refractivity contribution in [3.8, 4) is 0 Å². The molecule has 0 bridgehead atoms. The molecule has 1 heterocycles. The van der Waals surface area contributed by atoms with E-state index in [1.807, 2.05) is 0 Å². The van der Waals surface area contributed by atoms with Gasteiger partial charge in [-0.15, -0.1) is 0 Å². The molecule has 2 N–H and O–H groups in total. The molecular formula is C18H21F3N2O4. The fourth-order valence-electron chi connectivity index (χ4n) is 3.01. The number of alkyl halides is 3. The molecule has 0 saturated carbocycles. The number of likely N-dealkylation sites (tertiary alicyclic amines) is 1. The van der Waals surface area contributed by atoms with Crippen molar-refractivity contribution < 1.29 is 32.7 Å². The van der Waals surface area contributed by atoms with Crippen LogP contribution in [0.15, 0.2) is 24.3 Å². The van der Waals surface area contributed by atoms with Crippen LogP contribution in [0.1, 0.15) is 42.6 Å². The maximum Gasteiger partial charge on any atom is 0.416 e. The van der Waals surface area contributed by atoms with Crippen molar-refractivity contribution in [1.29, 1.82) is 0 Å². The standard InChI is InChI=1S/C18H21F3N2O4/c1-10(2)14(16(25)23-9-3-4-13(23)17(26)27)22-15(24)11-5-7-12(8-6-11)18(19,20)21/h5-8,10,13-14H,3-4,9H2,1-2H3,(H,22,24)(H,26,27)/t13-,14-/m0/s1. The summed E-state index contributed by atoms with van der Waals surface area (Å²) in [5, 5.41) is 11.8. The molecule has 27 heavy (non-hydrogen) atoms. The van der Waals surface area contributed by atoms with Crippen LogP contribution in [0.4, 0.5) is 13.2 Å². The summed E-state index contributed by atoms with van der Waals surface area (Å²) in [7, 11) is 0. The van der Waals surface area contributed by atoms with Crippen LogP contribution in [-0.2, 0) is 15.8 Å². The Bertz CT molecular complexity index is 716. The van der Waals surface area contributed by atoms with E-state index >= 15 is 0 Å². The van der Waals surface area contributed by atoms with Crippen LogP contribution < -0.4 is 5.32 Å². The molecule has 2 amide bonds. The molecule has 1 aromatic carbocycles. The molecule has 1 aliphatic heterocycles. The molecule has 1 fully saturated rings. The molecule has 0 unspecified atom stereocenters. The Balaban J connectivity index is 2.14. The highest BCUT2D eigenvalue weighted by Crippen LogP contribution is 2.29. The smallest absolute Gasteiger partial charge is 0.416 e. The van der Waals surface area contributed by atoms with Gasteiger partial charge in [-0.1, -0.05) is 13.8 Å². The molecule has 148 valence electrons. The predicted octanol–water partition coefficient (Wildman–Crippen LogP) is 2.54. The topological polar surface area (TPSA) is 86.7 Å². The van der Waals surface area contributed by atoms with E-state index < -0.39 is 41.6 Å². The maximum atomic E-state index is 12.8. The number of carboxylic acid groups (broad SMARTS) is 1. The van der Waals surface area contributed by atoms with Crippen molar-refractivity contribution in [1.82, 2.24) is 10.2 Å². The number of nitrogens with zero attached hydrogens (tertiary/aromatic N) is 1. The number of carboxylic acids is 1. The number of hydrogen-bond acceptors (Lipinski definition) is 3. The van der Waals surface area contributed by atoms with E-state index in [2.05, 4.69) is 5.32 Å². The number of benzene rings is 1. The first-order valence-corrected chi connectivity index (χ1v) is 8.53. The predicted molar refractivity (Wildman–Crippen MR) is 89.9 cm³/mol. The van der Waals surface area contributed by atoms with Gasteiger partial charge in [-0.3, -0.25) is 9.59 Å². The van der Waals surface area contributed by atoms with E-state index in [1.54, 1.807) is 13.8 Å². The van der Waals surface area contributed by atoms with Gasteiger partial charge >= 0.3 is 12.1 Å². The van der Waals surface area contributed by atoms with Gasteiger partial charge in [0, 0.05) is 12.1 Å². The summed E-state index contributed by atoms with van der Waals surface area (Å²) in [6, 6.07) is 1.76. The van der Waals surface area contributed by atoms with E-state index in [0.29, 0.717) is 12.8 Å². The second-order valence-electron chi connectivity index (χ2n) is 6.80. The van der Waals surface area contributed by atoms with E-state index in [-0.39, 0.29) is 18.0 Å². The van der Waals surface area contributed by atoms with Crippen LogP contribution in [0.25, 0.3) is 0 Å². The number of carbonyl (C=O) groups excluding carboxylic acids is 2. The van der Waals surface area contributed by atoms with Gasteiger partial charge in [0.2, 0.25) is 5.91 Å². The molecule has 6 nitrogen and oxygen atoms in total. The molecule has 9 heteroatoms. The lowest BCUT2D eigenvalue weighted by molar-refractivity contribution is -0.149. The van der Waals surface area contributed by atoms with Gasteiger partial charge in [-0.05, 0) is 43.0 Å². The highest BCUT2D eigenvalue weighted by Gasteiger charge is 2.38. The minimum Gasteiger partial charge on any atom is -0.480 e. The highest BCUT2D eigenvalue weighted by atomic mass is 19.4. The zero-order valence-corrected chi connectivity index (χ0v) is 14.9. The van der Waals surface area contributed by atoms with E-state index in [4.69, 9.17) is 0 Å². The summed E-state index contributed by atoms with van der Waals surface area (Å²) in [6.07, 6.45) is -3.61. The lowest BCUT2D eigenvalue weighted by Crippen LogP contribution is -2.53. The molecule has 1 aromatic rings. The Morgan fingerprint density at radius 2 is 1.78 bits per heavy atom. The molecule has 0 aromatic heterocycles. The van der Waals surface area contributed by atoms with E-state index in [1.165, 1.54) is 4.90 Å². The molecular weight excluding hydrogens is 365 g/mol. The summed E-state index contributed by atoms with van der Waals surface area (Å²) in [5.41, 5.74) is -0.894. The maximum absolute atomic E-state index is 12.8. The van der Waals surface area contributed by atoms with Crippen molar-refractivity contribution in [2.75, 3.05) is 6.54 Å². The summed E-state index contributed by atoms with van der Waals surface area (Å²) in [6.45, 7) is 3.68. The zero-order chi connectivity index (χ0) is 20.4. The molecule has 2 atom stereocenters. The van der Waals surface area contributed by atoms with Gasteiger partial charge in [-0.25, -0.2) is 4.79 Å². The fourth-order valence-corrected chi connectivity index (χ4v) is 3.01. The van der Waals surface area contributed by atoms with Gasteiger partial charge in [0.15, 0.2) is 0 Å². The Morgan fingerprint density at radius 3 is 2.26 bits per heavy atom. The van der Waals surface area contributed by atoms with Crippen molar-refractivity contribution in [2.24, 2.45) is 5.92 Å². The third-order valence-electron chi connectivity index (χ3n) is 4.51. The zero-order valence-electron chi connectivity index (χ0n) is 14.9. The van der Waals surface area contributed by atoms with E-state index in [0.717, 1.165) is 24.3 Å². The van der Waals surface area contributed by atoms with E-state index in [9.17, 15) is 32.7 Å². The quantitative estimate of drug-likeness (QED) is 0.814. The number of carbonyl (C=O) groups is 3. The lowest BCUT2D eigenvalue weighted by atomic mass is 10.0. The third-order valence-corrected chi connectivity index (χ3v) is 4.51. The number of rotatable bonds is 5. The van der Waals surface area contributed by atoms with Crippen molar-refractivity contribution >= 4 is 17.8 Å². The number of halogens is 3. The number of amides is 2. The van der Waals surface area contributed by atoms with Gasteiger partial charge < -0.3 is 15.3 Å². The minimum atomic E-state index is -4.51. The van der Waals surface area contributed by atoms with Gasteiger partial charge in [0.1, 0.15) is 12.1 Å². The van der Waals surface area contributed by atoms with Crippen LogP contribution in [0, 0.1) is 5.92 Å².